The molecule has 8 aromatic carbocycles. The van der Waals surface area contributed by atoms with Gasteiger partial charge in [-0.1, -0.05) is 188 Å². The highest BCUT2D eigenvalue weighted by Crippen LogP contribution is 2.33. The third-order valence-electron chi connectivity index (χ3n) is 11.7. The van der Waals surface area contributed by atoms with Gasteiger partial charge in [0.2, 0.25) is 0 Å². The normalized spacial score (nSPS) is 12.9. The van der Waals surface area contributed by atoms with Gasteiger partial charge in [0.25, 0.3) is 0 Å². The molecule has 0 unspecified atom stereocenters. The first-order valence-electron chi connectivity index (χ1n) is 21.9. The van der Waals surface area contributed by atoms with E-state index in [1.807, 2.05) is 26.8 Å². The Balaban J connectivity index is 0.000000123. The van der Waals surface area contributed by atoms with E-state index in [-0.39, 0.29) is 46.3 Å². The summed E-state index contributed by atoms with van der Waals surface area (Å²) in [6.45, 7) is 5.92. The van der Waals surface area contributed by atoms with Gasteiger partial charge in [0, 0.05) is 88.5 Å². The predicted octanol–water partition coefficient (Wildman–Crippen LogP) is 12.5. The lowest BCUT2D eigenvalue weighted by Crippen LogP contribution is -2.21. The maximum atomic E-state index is 12.3. The molecule has 0 spiro atoms. The van der Waals surface area contributed by atoms with Gasteiger partial charge in [0.05, 0.1) is 10.6 Å². The van der Waals surface area contributed by atoms with Gasteiger partial charge in [0.15, 0.2) is 46.3 Å². The number of hydrogen-bond donors (Lipinski definition) is 0. The van der Waals surface area contributed by atoms with E-state index in [2.05, 4.69) is 0 Å². The molecule has 69 heavy (non-hydrogen) atoms. The van der Waals surface area contributed by atoms with Gasteiger partial charge < -0.3 is 0 Å². The third kappa shape index (κ3) is 8.75. The second-order valence-corrected chi connectivity index (χ2v) is 16.6. The molecule has 0 aliphatic heterocycles. The van der Waals surface area contributed by atoms with E-state index in [4.69, 9.17) is 23.2 Å². The Morgan fingerprint density at radius 1 is 0.261 bits per heavy atom. The zero-order chi connectivity index (χ0) is 49.1. The molecule has 0 N–H and O–H groups in total. The van der Waals surface area contributed by atoms with E-state index in [1.54, 1.807) is 170 Å². The Bertz CT molecular complexity index is 3260. The number of carbonyl (C=O) groups is 8. The van der Waals surface area contributed by atoms with Crippen LogP contribution >= 0.6 is 23.2 Å². The molecule has 10 heteroatoms. The second kappa shape index (κ2) is 19.9. The highest BCUT2D eigenvalue weighted by molar-refractivity contribution is 6.39. The van der Waals surface area contributed by atoms with Crippen molar-refractivity contribution in [2.45, 2.75) is 20.8 Å². The van der Waals surface area contributed by atoms with Gasteiger partial charge in [-0.15, -0.1) is 0 Å². The quantitative estimate of drug-likeness (QED) is 0.147. The second-order valence-electron chi connectivity index (χ2n) is 15.8. The maximum absolute atomic E-state index is 12.3. The van der Waals surface area contributed by atoms with Crippen molar-refractivity contribution in [1.82, 2.24) is 0 Å². The Labute approximate surface area is 407 Å². The van der Waals surface area contributed by atoms with E-state index >= 15 is 0 Å². The van der Waals surface area contributed by atoms with Crippen molar-refractivity contribution in [1.29, 1.82) is 0 Å². The van der Waals surface area contributed by atoms with Crippen LogP contribution in [0, 0.1) is 6.92 Å². The lowest BCUT2D eigenvalue weighted by Gasteiger charge is -2.17. The van der Waals surface area contributed by atoms with Crippen LogP contribution in [0.4, 0.5) is 0 Å². The van der Waals surface area contributed by atoms with E-state index < -0.39 is 0 Å². The summed E-state index contributed by atoms with van der Waals surface area (Å²) in [6.07, 6.45) is 0. The summed E-state index contributed by atoms with van der Waals surface area (Å²) in [7, 11) is 0. The van der Waals surface area contributed by atoms with Crippen LogP contribution in [0.5, 0.6) is 0 Å². The standard InChI is InChI=1S/C15H10O2.2C14H7ClO2.C14H8O2.C2H6/c1-9-6-7-12-13(8-9)15(17)11-5-3-2-4-10(11)14(12)16;15-11-7-3-6-10-12(11)14(17)9-5-2-1-4-8(9)13(10)16;15-8-5-6-11-12(7-8)14(17)10-4-2-1-3-9(10)13(11)16;15-13-9-5-1-2-6-10(9)14(16)12-8-4-3-7-11(12)13;1-2/h2-8H,1H3;2*1-7H;1-8H;1-2H3. The fourth-order valence-corrected chi connectivity index (χ4v) is 8.87. The predicted molar refractivity (Wildman–Crippen MR) is 265 cm³/mol. The zero-order valence-electron chi connectivity index (χ0n) is 37.3. The first kappa shape index (κ1) is 47.2. The molecule has 0 saturated carbocycles. The zero-order valence-corrected chi connectivity index (χ0v) is 38.8. The third-order valence-corrected chi connectivity index (χ3v) is 12.3. The average Bonchev–Trinajstić information content (AvgIpc) is 3.39. The van der Waals surface area contributed by atoms with E-state index in [1.165, 1.54) is 0 Å². The molecule has 8 aromatic rings. The summed E-state index contributed by atoms with van der Waals surface area (Å²) in [6, 6.07) is 49.6. The minimum atomic E-state index is -0.180. The number of ketones is 8. The molecular weight excluding hydrogens is 908 g/mol. The summed E-state index contributed by atoms with van der Waals surface area (Å²) in [5.41, 5.74) is 8.39. The molecule has 0 amide bonds. The van der Waals surface area contributed by atoms with Gasteiger partial charge in [-0.3, -0.25) is 38.4 Å². The molecule has 8 nitrogen and oxygen atoms in total. The molecular formula is C59H38Cl2O8. The molecule has 336 valence electrons. The molecule has 0 saturated heterocycles. The Morgan fingerprint density at radius 3 is 0.884 bits per heavy atom. The van der Waals surface area contributed by atoms with Crippen LogP contribution in [0.25, 0.3) is 0 Å². The van der Waals surface area contributed by atoms with Crippen molar-refractivity contribution in [3.8, 4) is 0 Å². The number of fused-ring (bicyclic) bond motifs is 8. The summed E-state index contributed by atoms with van der Waals surface area (Å²) in [5, 5.41) is 0.791. The van der Waals surface area contributed by atoms with E-state index in [0.29, 0.717) is 99.1 Å². The number of carbonyl (C=O) groups excluding carboxylic acids is 8. The van der Waals surface area contributed by atoms with Crippen molar-refractivity contribution in [2.24, 2.45) is 0 Å². The minimum absolute atomic E-state index is 0.0566. The number of benzene rings is 8. The first-order valence-corrected chi connectivity index (χ1v) is 22.6. The lowest BCUT2D eigenvalue weighted by atomic mass is 9.83. The van der Waals surface area contributed by atoms with Crippen LogP contribution < -0.4 is 0 Å². The fraction of sp³-hybridized carbons (Fsp3) is 0.0508. The molecule has 12 rings (SSSR count). The molecule has 4 aliphatic carbocycles. The number of rotatable bonds is 0. The Morgan fingerprint density at radius 2 is 0.522 bits per heavy atom. The van der Waals surface area contributed by atoms with E-state index in [0.717, 1.165) is 5.56 Å². The maximum Gasteiger partial charge on any atom is 0.196 e. The molecule has 4 aliphatic rings. The monoisotopic (exact) mass is 944 g/mol. The molecule has 0 aromatic heterocycles. The van der Waals surface area contributed by atoms with Gasteiger partial charge in [0.1, 0.15) is 0 Å². The molecule has 0 radical (unpaired) electrons. The summed E-state index contributed by atoms with van der Waals surface area (Å²) < 4.78 is 0. The van der Waals surface area contributed by atoms with Gasteiger partial charge >= 0.3 is 0 Å². The average molecular weight is 946 g/mol. The van der Waals surface area contributed by atoms with Crippen molar-refractivity contribution in [2.75, 3.05) is 0 Å². The molecule has 0 bridgehead atoms. The highest BCUT2D eigenvalue weighted by Gasteiger charge is 2.33. The SMILES string of the molecule is CC.Cc1ccc2c(c1)C(=O)c1ccccc1C2=O.O=C1c2ccccc2C(=O)c2c(Cl)cccc21.O=C1c2ccccc2C(=O)c2cc(Cl)ccc21.O=C1c2ccccc2C(=O)c2ccccc21. The van der Waals surface area contributed by atoms with Gasteiger partial charge in [-0.05, 0) is 37.3 Å². The van der Waals surface area contributed by atoms with Crippen LogP contribution in [0.3, 0.4) is 0 Å². The minimum Gasteiger partial charge on any atom is -0.289 e. The fourth-order valence-electron chi connectivity index (χ4n) is 8.44. The number of halogens is 2. The van der Waals surface area contributed by atoms with Crippen LogP contribution in [0.2, 0.25) is 10.0 Å². The summed E-state index contributed by atoms with van der Waals surface area (Å²) in [4.78, 5) is 97.5. The smallest absolute Gasteiger partial charge is 0.196 e. The van der Waals surface area contributed by atoms with Crippen molar-refractivity contribution < 1.29 is 38.4 Å². The first-order chi connectivity index (χ1) is 33.3. The summed E-state index contributed by atoms with van der Waals surface area (Å²) in [5.74, 6) is -0.825. The van der Waals surface area contributed by atoms with Crippen molar-refractivity contribution in [3.63, 3.8) is 0 Å². The van der Waals surface area contributed by atoms with E-state index in [9.17, 15) is 38.4 Å². The number of aryl methyl sites for hydroxylation is 1. The molecule has 0 atom stereocenters. The largest absolute Gasteiger partial charge is 0.289 e. The van der Waals surface area contributed by atoms with Crippen LogP contribution in [0.1, 0.15) is 147 Å². The number of hydrogen-bond acceptors (Lipinski definition) is 8. The molecule has 0 heterocycles. The van der Waals surface area contributed by atoms with Crippen LogP contribution in [-0.4, -0.2) is 46.3 Å². The highest BCUT2D eigenvalue weighted by atomic mass is 35.5. The lowest BCUT2D eigenvalue weighted by molar-refractivity contribution is 0.0979. The molecule has 0 fully saturated rings. The summed E-state index contributed by atoms with van der Waals surface area (Å²) >= 11 is 11.8. The van der Waals surface area contributed by atoms with Gasteiger partial charge in [-0.2, -0.15) is 0 Å². The topological polar surface area (TPSA) is 137 Å². The van der Waals surface area contributed by atoms with Crippen molar-refractivity contribution in [3.05, 3.63) is 281 Å². The Hall–Kier alpha value is -8.30. The van der Waals surface area contributed by atoms with Crippen LogP contribution in [-0.2, 0) is 0 Å². The van der Waals surface area contributed by atoms with Crippen LogP contribution in [0.15, 0.2) is 176 Å². The van der Waals surface area contributed by atoms with Gasteiger partial charge in [-0.25, -0.2) is 0 Å². The Kier molecular flexibility index (Phi) is 13.6. The van der Waals surface area contributed by atoms with Crippen molar-refractivity contribution >= 4 is 69.5 Å².